The van der Waals surface area contributed by atoms with Gasteiger partial charge in [0, 0.05) is 12.6 Å². The van der Waals surface area contributed by atoms with Crippen LogP contribution in [0.4, 0.5) is 0 Å². The molecule has 1 aliphatic heterocycles. The Morgan fingerprint density at radius 3 is 2.67 bits per heavy atom. The van der Waals surface area contributed by atoms with E-state index < -0.39 is 0 Å². The molecule has 2 fully saturated rings. The zero-order valence-corrected chi connectivity index (χ0v) is 13.5. The lowest BCUT2D eigenvalue weighted by atomic mass is 9.70. The van der Waals surface area contributed by atoms with E-state index in [2.05, 4.69) is 43.6 Å². The third kappa shape index (κ3) is 3.49. The lowest BCUT2D eigenvalue weighted by molar-refractivity contribution is -0.147. The first-order valence-electron chi connectivity index (χ1n) is 8.58. The lowest BCUT2D eigenvalue weighted by Crippen LogP contribution is -2.49. The van der Waals surface area contributed by atoms with E-state index in [1.165, 1.54) is 56.1 Å². The van der Waals surface area contributed by atoms with Crippen molar-refractivity contribution in [1.82, 2.24) is 5.32 Å². The average molecular weight is 287 g/mol. The van der Waals surface area contributed by atoms with Crippen molar-refractivity contribution in [2.24, 2.45) is 5.92 Å². The van der Waals surface area contributed by atoms with Crippen molar-refractivity contribution < 1.29 is 4.74 Å². The molecule has 116 valence electrons. The number of nitrogens with one attached hydrogen (secondary N) is 1. The largest absolute Gasteiger partial charge is 0.375 e. The van der Waals surface area contributed by atoms with Crippen LogP contribution in [0.1, 0.15) is 49.7 Å². The molecule has 0 radical (unpaired) electrons. The lowest BCUT2D eigenvalue weighted by Gasteiger charge is -2.48. The van der Waals surface area contributed by atoms with E-state index in [4.69, 9.17) is 4.74 Å². The van der Waals surface area contributed by atoms with Crippen LogP contribution in [0.25, 0.3) is 0 Å². The van der Waals surface area contributed by atoms with Crippen molar-refractivity contribution in [3.63, 3.8) is 0 Å². The van der Waals surface area contributed by atoms with E-state index in [-0.39, 0.29) is 5.60 Å². The summed E-state index contributed by atoms with van der Waals surface area (Å²) in [4.78, 5) is 0. The number of benzene rings is 1. The van der Waals surface area contributed by atoms with E-state index >= 15 is 0 Å². The second-order valence-corrected chi connectivity index (χ2v) is 7.06. The Morgan fingerprint density at radius 2 is 2.05 bits per heavy atom. The molecule has 1 spiro atoms. The SMILES string of the molecule is CNC(CCc1ccc(C)cc1)C1CCOC2(CCC2)C1. The Hall–Kier alpha value is -0.860. The van der Waals surface area contributed by atoms with Crippen LogP contribution < -0.4 is 5.32 Å². The molecule has 2 unspecified atom stereocenters. The van der Waals surface area contributed by atoms with Crippen LogP contribution in [0.2, 0.25) is 0 Å². The highest BCUT2D eigenvalue weighted by atomic mass is 16.5. The van der Waals surface area contributed by atoms with E-state index in [1.807, 2.05) is 0 Å². The molecule has 0 amide bonds. The molecule has 0 bridgehead atoms. The second-order valence-electron chi connectivity index (χ2n) is 7.06. The van der Waals surface area contributed by atoms with Gasteiger partial charge >= 0.3 is 0 Å². The van der Waals surface area contributed by atoms with Gasteiger partial charge in [-0.3, -0.25) is 0 Å². The van der Waals surface area contributed by atoms with Crippen molar-refractivity contribution in [3.05, 3.63) is 35.4 Å². The summed E-state index contributed by atoms with van der Waals surface area (Å²) < 4.78 is 6.07. The molecule has 1 aliphatic carbocycles. The van der Waals surface area contributed by atoms with Crippen LogP contribution in [0.3, 0.4) is 0 Å². The van der Waals surface area contributed by atoms with Crippen molar-refractivity contribution in [3.8, 4) is 0 Å². The third-order valence-electron chi connectivity index (χ3n) is 5.60. The molecular formula is C19H29NO. The first-order chi connectivity index (χ1) is 10.2. The number of aryl methyl sites for hydroxylation is 2. The van der Waals surface area contributed by atoms with Gasteiger partial charge in [-0.15, -0.1) is 0 Å². The molecule has 21 heavy (non-hydrogen) atoms. The van der Waals surface area contributed by atoms with Gasteiger partial charge in [0.15, 0.2) is 0 Å². The fourth-order valence-corrected chi connectivity index (χ4v) is 4.02. The molecule has 2 nitrogen and oxygen atoms in total. The highest BCUT2D eigenvalue weighted by Gasteiger charge is 2.43. The molecule has 1 saturated carbocycles. The Labute approximate surface area is 129 Å². The van der Waals surface area contributed by atoms with Gasteiger partial charge in [0.05, 0.1) is 5.60 Å². The molecule has 2 heteroatoms. The van der Waals surface area contributed by atoms with Crippen LogP contribution >= 0.6 is 0 Å². The molecule has 2 aliphatic rings. The first-order valence-corrected chi connectivity index (χ1v) is 8.58. The minimum atomic E-state index is 0.266. The number of hydrogen-bond acceptors (Lipinski definition) is 2. The summed E-state index contributed by atoms with van der Waals surface area (Å²) in [5, 5.41) is 3.58. The van der Waals surface area contributed by atoms with Gasteiger partial charge in [0.1, 0.15) is 0 Å². The minimum Gasteiger partial charge on any atom is -0.375 e. The minimum absolute atomic E-state index is 0.266. The van der Waals surface area contributed by atoms with Gasteiger partial charge in [0.2, 0.25) is 0 Å². The highest BCUT2D eigenvalue weighted by molar-refractivity contribution is 5.21. The molecule has 3 rings (SSSR count). The van der Waals surface area contributed by atoms with Crippen LogP contribution in [0.15, 0.2) is 24.3 Å². The fraction of sp³-hybridized carbons (Fsp3) is 0.684. The van der Waals surface area contributed by atoms with Crippen molar-refractivity contribution in [2.75, 3.05) is 13.7 Å². The predicted molar refractivity (Wildman–Crippen MR) is 87.6 cm³/mol. The van der Waals surface area contributed by atoms with E-state index in [1.54, 1.807) is 0 Å². The summed E-state index contributed by atoms with van der Waals surface area (Å²) in [7, 11) is 2.13. The Bertz CT molecular complexity index is 449. The summed E-state index contributed by atoms with van der Waals surface area (Å²) in [6.07, 6.45) is 8.85. The van der Waals surface area contributed by atoms with Gasteiger partial charge in [-0.25, -0.2) is 0 Å². The molecule has 0 aromatic heterocycles. The maximum absolute atomic E-state index is 6.07. The first kappa shape index (κ1) is 15.1. The van der Waals surface area contributed by atoms with Crippen LogP contribution in [-0.4, -0.2) is 25.3 Å². The molecule has 2 atom stereocenters. The van der Waals surface area contributed by atoms with Crippen LogP contribution in [-0.2, 0) is 11.2 Å². The van der Waals surface area contributed by atoms with Crippen LogP contribution in [0.5, 0.6) is 0 Å². The zero-order chi connectivity index (χ0) is 14.7. The molecule has 1 saturated heterocycles. The van der Waals surface area contributed by atoms with Crippen LogP contribution in [0, 0.1) is 12.8 Å². The molecular weight excluding hydrogens is 258 g/mol. The molecule has 1 N–H and O–H groups in total. The number of hydrogen-bond donors (Lipinski definition) is 1. The molecule has 1 aromatic rings. The third-order valence-corrected chi connectivity index (χ3v) is 5.60. The van der Waals surface area contributed by atoms with Crippen molar-refractivity contribution in [1.29, 1.82) is 0 Å². The van der Waals surface area contributed by atoms with Gasteiger partial charge in [0.25, 0.3) is 0 Å². The molecule has 1 heterocycles. The summed E-state index contributed by atoms with van der Waals surface area (Å²) in [6, 6.07) is 9.63. The maximum atomic E-state index is 6.07. The zero-order valence-electron chi connectivity index (χ0n) is 13.5. The van der Waals surface area contributed by atoms with E-state index in [0.29, 0.717) is 6.04 Å². The smallest absolute Gasteiger partial charge is 0.0685 e. The summed E-state index contributed by atoms with van der Waals surface area (Å²) in [6.45, 7) is 3.12. The topological polar surface area (TPSA) is 21.3 Å². The fourth-order valence-electron chi connectivity index (χ4n) is 4.02. The van der Waals surface area contributed by atoms with E-state index in [0.717, 1.165) is 12.5 Å². The second kappa shape index (κ2) is 6.50. The van der Waals surface area contributed by atoms with Gasteiger partial charge < -0.3 is 10.1 Å². The van der Waals surface area contributed by atoms with Gasteiger partial charge in [-0.2, -0.15) is 0 Å². The number of rotatable bonds is 5. The Balaban J connectivity index is 1.55. The quantitative estimate of drug-likeness (QED) is 0.888. The van der Waals surface area contributed by atoms with E-state index in [9.17, 15) is 0 Å². The van der Waals surface area contributed by atoms with Gasteiger partial charge in [-0.1, -0.05) is 29.8 Å². The normalized spacial score (nSPS) is 25.5. The van der Waals surface area contributed by atoms with Crippen molar-refractivity contribution in [2.45, 2.75) is 63.5 Å². The van der Waals surface area contributed by atoms with Gasteiger partial charge in [-0.05, 0) is 70.4 Å². The van der Waals surface area contributed by atoms with Crippen molar-refractivity contribution >= 4 is 0 Å². The average Bonchev–Trinajstić information content (AvgIpc) is 2.48. The monoisotopic (exact) mass is 287 g/mol. The summed E-state index contributed by atoms with van der Waals surface area (Å²) in [5.74, 6) is 0.787. The summed E-state index contributed by atoms with van der Waals surface area (Å²) in [5.41, 5.74) is 3.08. The predicted octanol–water partition coefficient (Wildman–Crippen LogP) is 3.86. The Kier molecular flexibility index (Phi) is 4.66. The maximum Gasteiger partial charge on any atom is 0.0685 e. The standard InChI is InChI=1S/C19H29NO/c1-15-4-6-16(7-5-15)8-9-18(20-2)17-10-13-21-19(14-17)11-3-12-19/h4-7,17-18,20H,3,8-14H2,1-2H3. The Morgan fingerprint density at radius 1 is 1.29 bits per heavy atom. The number of ether oxygens (including phenoxy) is 1. The molecule has 1 aromatic carbocycles. The highest BCUT2D eigenvalue weighted by Crippen LogP contribution is 2.45. The summed E-state index contributed by atoms with van der Waals surface area (Å²) >= 11 is 0.